The van der Waals surface area contributed by atoms with Crippen LogP contribution in [0.5, 0.6) is 0 Å². The molecule has 1 heterocycles. The predicted octanol–water partition coefficient (Wildman–Crippen LogP) is 2.44. The average Bonchev–Trinajstić information content (AvgIpc) is 2.46. The van der Waals surface area contributed by atoms with Gasteiger partial charge in [0.25, 0.3) is 0 Å². The SMILES string of the molecule is CNCCC1CCCCN1S(=O)(=O)c1ccc(I)cc1. The molecule has 0 bridgehead atoms. The van der Waals surface area contributed by atoms with Gasteiger partial charge in [0.15, 0.2) is 0 Å². The van der Waals surface area contributed by atoms with Crippen molar-refractivity contribution in [1.29, 1.82) is 0 Å². The van der Waals surface area contributed by atoms with Crippen molar-refractivity contribution >= 4 is 32.6 Å². The van der Waals surface area contributed by atoms with E-state index in [-0.39, 0.29) is 6.04 Å². The van der Waals surface area contributed by atoms with Crippen LogP contribution in [0, 0.1) is 3.57 Å². The van der Waals surface area contributed by atoms with Crippen LogP contribution in [0.4, 0.5) is 0 Å². The normalized spacial score (nSPS) is 21.0. The maximum atomic E-state index is 12.8. The molecule has 1 aliphatic rings. The second-order valence-electron chi connectivity index (χ2n) is 5.11. The highest BCUT2D eigenvalue weighted by atomic mass is 127. The summed E-state index contributed by atoms with van der Waals surface area (Å²) < 4.78 is 28.3. The van der Waals surface area contributed by atoms with Crippen LogP contribution in [-0.2, 0) is 10.0 Å². The van der Waals surface area contributed by atoms with E-state index in [9.17, 15) is 8.42 Å². The van der Waals surface area contributed by atoms with E-state index in [0.29, 0.717) is 11.4 Å². The lowest BCUT2D eigenvalue weighted by atomic mass is 10.0. The van der Waals surface area contributed by atoms with Gasteiger partial charge >= 0.3 is 0 Å². The number of sulfonamides is 1. The summed E-state index contributed by atoms with van der Waals surface area (Å²) in [6.07, 6.45) is 3.91. The maximum absolute atomic E-state index is 12.8. The van der Waals surface area contributed by atoms with E-state index < -0.39 is 10.0 Å². The predicted molar refractivity (Wildman–Crippen MR) is 89.2 cm³/mol. The Labute approximate surface area is 135 Å². The summed E-state index contributed by atoms with van der Waals surface area (Å²) in [6, 6.07) is 7.24. The number of rotatable bonds is 5. The van der Waals surface area contributed by atoms with Gasteiger partial charge in [-0.2, -0.15) is 4.31 Å². The van der Waals surface area contributed by atoms with Gasteiger partial charge in [-0.1, -0.05) is 6.42 Å². The van der Waals surface area contributed by atoms with Crippen molar-refractivity contribution in [2.45, 2.75) is 36.6 Å². The molecule has 112 valence electrons. The highest BCUT2D eigenvalue weighted by molar-refractivity contribution is 14.1. The minimum atomic E-state index is -3.36. The average molecular weight is 408 g/mol. The van der Waals surface area contributed by atoms with Gasteiger partial charge < -0.3 is 5.32 Å². The molecule has 1 N–H and O–H groups in total. The third kappa shape index (κ3) is 3.72. The van der Waals surface area contributed by atoms with Gasteiger partial charge in [0.2, 0.25) is 10.0 Å². The molecular weight excluding hydrogens is 387 g/mol. The summed E-state index contributed by atoms with van der Waals surface area (Å²) in [6.45, 7) is 1.49. The number of piperidine rings is 1. The summed E-state index contributed by atoms with van der Waals surface area (Å²) in [4.78, 5) is 0.411. The first-order valence-corrected chi connectivity index (χ1v) is 9.49. The van der Waals surface area contributed by atoms with Crippen LogP contribution in [0.3, 0.4) is 0 Å². The maximum Gasteiger partial charge on any atom is 0.243 e. The molecule has 1 aromatic rings. The third-order valence-corrected chi connectivity index (χ3v) is 6.41. The summed E-state index contributed by atoms with van der Waals surface area (Å²) >= 11 is 2.18. The number of halogens is 1. The zero-order valence-electron chi connectivity index (χ0n) is 11.7. The molecular formula is C14H21IN2O2S. The molecule has 1 aromatic carbocycles. The Bertz CT molecular complexity index is 531. The highest BCUT2D eigenvalue weighted by Gasteiger charge is 2.32. The molecule has 1 atom stereocenters. The lowest BCUT2D eigenvalue weighted by molar-refractivity contribution is 0.240. The molecule has 0 amide bonds. The van der Waals surface area contributed by atoms with Gasteiger partial charge in [-0.3, -0.25) is 0 Å². The zero-order chi connectivity index (χ0) is 14.6. The van der Waals surface area contributed by atoms with Gasteiger partial charge in [-0.25, -0.2) is 8.42 Å². The molecule has 0 aromatic heterocycles. The van der Waals surface area contributed by atoms with Crippen LogP contribution in [0.1, 0.15) is 25.7 Å². The first-order valence-electron chi connectivity index (χ1n) is 6.97. The van der Waals surface area contributed by atoms with Crippen LogP contribution < -0.4 is 5.32 Å². The Morgan fingerprint density at radius 1 is 1.30 bits per heavy atom. The molecule has 6 heteroatoms. The fraction of sp³-hybridized carbons (Fsp3) is 0.571. The standard InChI is InChI=1S/C14H21IN2O2S/c1-16-10-9-13-4-2-3-11-17(13)20(18,19)14-7-5-12(15)6-8-14/h5-8,13,16H,2-4,9-11H2,1H3. The monoisotopic (exact) mass is 408 g/mol. The molecule has 0 aliphatic carbocycles. The van der Waals surface area contributed by atoms with Gasteiger partial charge in [0.05, 0.1) is 4.90 Å². The minimum Gasteiger partial charge on any atom is -0.320 e. The van der Waals surface area contributed by atoms with Gasteiger partial charge in [0, 0.05) is 16.2 Å². The summed E-state index contributed by atoms with van der Waals surface area (Å²) in [5, 5.41) is 3.11. The van der Waals surface area contributed by atoms with Crippen molar-refractivity contribution in [3.05, 3.63) is 27.8 Å². The number of hydrogen-bond acceptors (Lipinski definition) is 3. The molecule has 0 radical (unpaired) electrons. The quantitative estimate of drug-likeness (QED) is 0.762. The van der Waals surface area contributed by atoms with Crippen molar-refractivity contribution < 1.29 is 8.42 Å². The van der Waals surface area contributed by atoms with E-state index >= 15 is 0 Å². The second-order valence-corrected chi connectivity index (χ2v) is 8.25. The molecule has 1 unspecified atom stereocenters. The highest BCUT2D eigenvalue weighted by Crippen LogP contribution is 2.27. The van der Waals surface area contributed by atoms with Crippen molar-refractivity contribution in [2.24, 2.45) is 0 Å². The number of benzene rings is 1. The molecule has 20 heavy (non-hydrogen) atoms. The Morgan fingerprint density at radius 2 is 2.00 bits per heavy atom. The first kappa shape index (κ1) is 16.2. The summed E-state index contributed by atoms with van der Waals surface area (Å²) in [5.74, 6) is 0. The lowest BCUT2D eigenvalue weighted by Gasteiger charge is -2.34. The molecule has 1 fully saturated rings. The number of nitrogens with zero attached hydrogens (tertiary/aromatic N) is 1. The van der Waals surface area contributed by atoms with Gasteiger partial charge in [0.1, 0.15) is 0 Å². The van der Waals surface area contributed by atoms with E-state index in [1.807, 2.05) is 19.2 Å². The summed E-state index contributed by atoms with van der Waals surface area (Å²) in [7, 11) is -1.45. The van der Waals surface area contributed by atoms with Crippen LogP contribution >= 0.6 is 22.6 Å². The fourth-order valence-corrected chi connectivity index (χ4v) is 4.72. The van der Waals surface area contributed by atoms with Gasteiger partial charge in [-0.05, 0) is 79.7 Å². The lowest BCUT2D eigenvalue weighted by Crippen LogP contribution is -2.44. The van der Waals surface area contributed by atoms with Crippen molar-refractivity contribution in [3.63, 3.8) is 0 Å². The van der Waals surface area contributed by atoms with E-state index in [1.165, 1.54) is 0 Å². The minimum absolute atomic E-state index is 0.125. The molecule has 1 saturated heterocycles. The number of nitrogens with one attached hydrogen (secondary N) is 1. The molecule has 0 spiro atoms. The van der Waals surface area contributed by atoms with E-state index in [2.05, 4.69) is 27.9 Å². The topological polar surface area (TPSA) is 49.4 Å². The molecule has 2 rings (SSSR count). The van der Waals surface area contributed by atoms with Crippen LogP contribution in [0.25, 0.3) is 0 Å². The van der Waals surface area contributed by atoms with Crippen molar-refractivity contribution in [1.82, 2.24) is 9.62 Å². The van der Waals surface area contributed by atoms with E-state index in [0.717, 1.165) is 35.8 Å². The first-order chi connectivity index (χ1) is 9.55. The van der Waals surface area contributed by atoms with E-state index in [1.54, 1.807) is 16.4 Å². The van der Waals surface area contributed by atoms with E-state index in [4.69, 9.17) is 0 Å². The molecule has 1 aliphatic heterocycles. The Balaban J connectivity index is 2.23. The molecule has 0 saturated carbocycles. The largest absolute Gasteiger partial charge is 0.320 e. The Hall–Kier alpha value is -0.180. The molecule has 4 nitrogen and oxygen atoms in total. The fourth-order valence-electron chi connectivity index (χ4n) is 2.63. The van der Waals surface area contributed by atoms with Gasteiger partial charge in [-0.15, -0.1) is 0 Å². The smallest absolute Gasteiger partial charge is 0.243 e. The van der Waals surface area contributed by atoms with Crippen LogP contribution in [-0.4, -0.2) is 38.9 Å². The van der Waals surface area contributed by atoms with Crippen molar-refractivity contribution in [3.8, 4) is 0 Å². The zero-order valence-corrected chi connectivity index (χ0v) is 14.7. The Kier molecular flexibility index (Phi) is 5.83. The Morgan fingerprint density at radius 3 is 2.65 bits per heavy atom. The summed E-state index contributed by atoms with van der Waals surface area (Å²) in [5.41, 5.74) is 0. The van der Waals surface area contributed by atoms with Crippen LogP contribution in [0.15, 0.2) is 29.2 Å². The van der Waals surface area contributed by atoms with Crippen molar-refractivity contribution in [2.75, 3.05) is 20.1 Å². The number of hydrogen-bond donors (Lipinski definition) is 1. The third-order valence-electron chi connectivity index (χ3n) is 3.72. The van der Waals surface area contributed by atoms with Crippen LogP contribution in [0.2, 0.25) is 0 Å². The second kappa shape index (κ2) is 7.20.